The van der Waals surface area contributed by atoms with Gasteiger partial charge in [0.15, 0.2) is 5.82 Å². The Morgan fingerprint density at radius 1 is 1.22 bits per heavy atom. The number of aromatic nitrogens is 6. The van der Waals surface area contributed by atoms with Crippen LogP contribution in [0, 0.1) is 0 Å². The minimum atomic E-state index is -0.102. The van der Waals surface area contributed by atoms with E-state index in [1.807, 2.05) is 17.6 Å². The standard InChI is InChI=1S/C18H17N7OS/c26-16-4-3-15(23-8-6-19-12-23)22-25(16)10-13-2-1-7-24(13)18-17-14(5-9-27-17)20-11-21-18/h3-6,8-9,11-13H,1-2,7,10H2. The smallest absolute Gasteiger partial charge is 0.266 e. The van der Waals surface area contributed by atoms with Crippen molar-refractivity contribution in [1.82, 2.24) is 29.3 Å². The van der Waals surface area contributed by atoms with Crippen LogP contribution in [0.2, 0.25) is 0 Å². The molecule has 1 saturated heterocycles. The highest BCUT2D eigenvalue weighted by molar-refractivity contribution is 7.17. The Balaban J connectivity index is 1.47. The van der Waals surface area contributed by atoms with Gasteiger partial charge in [-0.3, -0.25) is 9.36 Å². The lowest BCUT2D eigenvalue weighted by molar-refractivity contribution is 0.485. The van der Waals surface area contributed by atoms with E-state index in [0.29, 0.717) is 12.4 Å². The third-order valence-electron chi connectivity index (χ3n) is 4.88. The summed E-state index contributed by atoms with van der Waals surface area (Å²) in [6, 6.07) is 5.46. The van der Waals surface area contributed by atoms with E-state index in [2.05, 4.69) is 25.0 Å². The van der Waals surface area contributed by atoms with Crippen LogP contribution in [-0.2, 0) is 6.54 Å². The molecule has 1 fully saturated rings. The summed E-state index contributed by atoms with van der Waals surface area (Å²) in [5, 5.41) is 6.57. The highest BCUT2D eigenvalue weighted by atomic mass is 32.1. The van der Waals surface area contributed by atoms with Gasteiger partial charge in [-0.05, 0) is 30.4 Å². The predicted octanol–water partition coefficient (Wildman–Crippen LogP) is 2.10. The number of hydrogen-bond acceptors (Lipinski definition) is 7. The highest BCUT2D eigenvalue weighted by Crippen LogP contribution is 2.32. The van der Waals surface area contributed by atoms with E-state index >= 15 is 0 Å². The van der Waals surface area contributed by atoms with Crippen molar-refractivity contribution >= 4 is 27.4 Å². The Labute approximate surface area is 158 Å². The first-order valence-electron chi connectivity index (χ1n) is 8.81. The van der Waals surface area contributed by atoms with Crippen molar-refractivity contribution in [2.24, 2.45) is 0 Å². The van der Waals surface area contributed by atoms with Gasteiger partial charge in [0.05, 0.1) is 22.8 Å². The summed E-state index contributed by atoms with van der Waals surface area (Å²) in [6.07, 6.45) is 8.86. The topological polar surface area (TPSA) is 81.7 Å². The summed E-state index contributed by atoms with van der Waals surface area (Å²) < 4.78 is 4.43. The van der Waals surface area contributed by atoms with Crippen LogP contribution in [0.4, 0.5) is 5.82 Å². The third kappa shape index (κ3) is 2.89. The van der Waals surface area contributed by atoms with Crippen molar-refractivity contribution in [3.63, 3.8) is 0 Å². The van der Waals surface area contributed by atoms with Gasteiger partial charge in [0.25, 0.3) is 5.56 Å². The van der Waals surface area contributed by atoms with E-state index in [1.54, 1.807) is 51.6 Å². The van der Waals surface area contributed by atoms with Crippen molar-refractivity contribution in [1.29, 1.82) is 0 Å². The number of hydrogen-bond donors (Lipinski definition) is 0. The molecular formula is C18H17N7OS. The van der Waals surface area contributed by atoms with Gasteiger partial charge in [-0.25, -0.2) is 19.6 Å². The maximum absolute atomic E-state index is 12.4. The number of fused-ring (bicyclic) bond motifs is 1. The molecule has 1 aliphatic rings. The average molecular weight is 379 g/mol. The van der Waals surface area contributed by atoms with Crippen molar-refractivity contribution in [2.75, 3.05) is 11.4 Å². The van der Waals surface area contributed by atoms with E-state index in [1.165, 1.54) is 0 Å². The van der Waals surface area contributed by atoms with Crippen molar-refractivity contribution in [3.05, 3.63) is 59.0 Å². The SMILES string of the molecule is O=c1ccc(-n2ccnc2)nn1CC1CCCN1c1ncnc2ccsc12. The van der Waals surface area contributed by atoms with Gasteiger partial charge in [-0.15, -0.1) is 11.3 Å². The number of anilines is 1. The second-order valence-electron chi connectivity index (χ2n) is 6.50. The maximum atomic E-state index is 12.4. The Morgan fingerprint density at radius 3 is 3.07 bits per heavy atom. The molecule has 0 aliphatic carbocycles. The lowest BCUT2D eigenvalue weighted by atomic mass is 10.2. The fraction of sp³-hybridized carbons (Fsp3) is 0.278. The molecule has 0 saturated carbocycles. The van der Waals surface area contributed by atoms with Crippen LogP contribution >= 0.6 is 11.3 Å². The molecule has 27 heavy (non-hydrogen) atoms. The van der Waals surface area contributed by atoms with Crippen LogP contribution in [0.25, 0.3) is 16.0 Å². The monoisotopic (exact) mass is 379 g/mol. The Kier molecular flexibility index (Phi) is 3.93. The molecule has 1 aliphatic heterocycles. The molecule has 0 spiro atoms. The highest BCUT2D eigenvalue weighted by Gasteiger charge is 2.28. The first kappa shape index (κ1) is 16.1. The van der Waals surface area contributed by atoms with Gasteiger partial charge in [-0.2, -0.15) is 5.10 Å². The van der Waals surface area contributed by atoms with Crippen LogP contribution < -0.4 is 10.5 Å². The molecule has 4 aromatic heterocycles. The molecule has 0 amide bonds. The summed E-state index contributed by atoms with van der Waals surface area (Å²) in [5.74, 6) is 1.63. The van der Waals surface area contributed by atoms with Crippen molar-refractivity contribution in [3.8, 4) is 5.82 Å². The Hall–Kier alpha value is -3.07. The number of imidazole rings is 1. The molecule has 0 N–H and O–H groups in total. The van der Waals surface area contributed by atoms with E-state index in [4.69, 9.17) is 0 Å². The number of nitrogens with zero attached hydrogens (tertiary/aromatic N) is 7. The third-order valence-corrected chi connectivity index (χ3v) is 5.78. The number of rotatable bonds is 4. The van der Waals surface area contributed by atoms with Crippen molar-refractivity contribution in [2.45, 2.75) is 25.4 Å². The van der Waals surface area contributed by atoms with Gasteiger partial charge in [0.1, 0.15) is 18.5 Å². The Bertz CT molecular complexity index is 1130. The van der Waals surface area contributed by atoms with Gasteiger partial charge in [0.2, 0.25) is 0 Å². The van der Waals surface area contributed by atoms with Gasteiger partial charge in [-0.1, -0.05) is 0 Å². The van der Waals surface area contributed by atoms with E-state index in [0.717, 1.165) is 35.4 Å². The van der Waals surface area contributed by atoms with Gasteiger partial charge >= 0.3 is 0 Å². The second kappa shape index (κ2) is 6.58. The zero-order chi connectivity index (χ0) is 18.2. The molecular weight excluding hydrogens is 362 g/mol. The molecule has 5 heterocycles. The summed E-state index contributed by atoms with van der Waals surface area (Å²) >= 11 is 1.65. The molecule has 4 aromatic rings. The van der Waals surface area contributed by atoms with Crippen molar-refractivity contribution < 1.29 is 0 Å². The van der Waals surface area contributed by atoms with E-state index in [9.17, 15) is 4.79 Å². The molecule has 0 radical (unpaired) electrons. The van der Waals surface area contributed by atoms with E-state index < -0.39 is 0 Å². The molecule has 5 rings (SSSR count). The summed E-state index contributed by atoms with van der Waals surface area (Å²) in [7, 11) is 0. The fourth-order valence-electron chi connectivity index (χ4n) is 3.59. The molecule has 1 atom stereocenters. The van der Waals surface area contributed by atoms with Crippen LogP contribution in [0.3, 0.4) is 0 Å². The molecule has 136 valence electrons. The lowest BCUT2D eigenvalue weighted by Gasteiger charge is -2.26. The molecule has 8 nitrogen and oxygen atoms in total. The molecule has 9 heteroatoms. The first-order chi connectivity index (χ1) is 13.3. The quantitative estimate of drug-likeness (QED) is 0.540. The first-order valence-corrected chi connectivity index (χ1v) is 9.69. The summed E-state index contributed by atoms with van der Waals surface area (Å²) in [5.41, 5.74) is 0.864. The molecule has 0 aromatic carbocycles. The zero-order valence-electron chi connectivity index (χ0n) is 14.5. The van der Waals surface area contributed by atoms with Gasteiger partial charge < -0.3 is 4.90 Å². The largest absolute Gasteiger partial charge is 0.350 e. The molecule has 1 unspecified atom stereocenters. The van der Waals surface area contributed by atoms with Crippen LogP contribution in [-0.4, -0.2) is 41.9 Å². The number of thiophene rings is 1. The Morgan fingerprint density at radius 2 is 2.19 bits per heavy atom. The average Bonchev–Trinajstić information content (AvgIpc) is 3.44. The minimum absolute atomic E-state index is 0.102. The summed E-state index contributed by atoms with van der Waals surface area (Å²) in [6.45, 7) is 1.45. The maximum Gasteiger partial charge on any atom is 0.266 e. The molecule has 0 bridgehead atoms. The summed E-state index contributed by atoms with van der Waals surface area (Å²) in [4.78, 5) is 27.6. The zero-order valence-corrected chi connectivity index (χ0v) is 15.3. The van der Waals surface area contributed by atoms with Gasteiger partial charge in [0, 0.05) is 25.0 Å². The van der Waals surface area contributed by atoms with Crippen LogP contribution in [0.15, 0.2) is 53.4 Å². The minimum Gasteiger partial charge on any atom is -0.350 e. The van der Waals surface area contributed by atoms with Crippen LogP contribution in [0.1, 0.15) is 12.8 Å². The normalized spacial score (nSPS) is 17.0. The lowest BCUT2D eigenvalue weighted by Crippen LogP contribution is -2.37. The van der Waals surface area contributed by atoms with E-state index in [-0.39, 0.29) is 11.6 Å². The second-order valence-corrected chi connectivity index (χ2v) is 7.42. The van der Waals surface area contributed by atoms with Crippen LogP contribution in [0.5, 0.6) is 0 Å². The fourth-order valence-corrected chi connectivity index (χ4v) is 4.44. The predicted molar refractivity (Wildman–Crippen MR) is 103 cm³/mol.